The third-order valence-electron chi connectivity index (χ3n) is 1.27. The maximum absolute atomic E-state index is 10.2. The summed E-state index contributed by atoms with van der Waals surface area (Å²) in [5.74, 6) is 0.679. The van der Waals surface area contributed by atoms with Gasteiger partial charge in [-0.1, -0.05) is 0 Å². The molecule has 0 amide bonds. The molecule has 3 heteroatoms. The second-order valence-corrected chi connectivity index (χ2v) is 2.00. The van der Waals surface area contributed by atoms with Crippen molar-refractivity contribution in [3.8, 4) is 5.75 Å². The standard InChI is InChI=1S/C8H9NO2/c9-6-11-8-3-1-7(5-10)2-4-8/h1-5H,6,9H2. The van der Waals surface area contributed by atoms with Crippen LogP contribution in [0.1, 0.15) is 10.4 Å². The Morgan fingerprint density at radius 2 is 2.00 bits per heavy atom. The Morgan fingerprint density at radius 3 is 2.45 bits per heavy atom. The summed E-state index contributed by atoms with van der Waals surface area (Å²) in [5.41, 5.74) is 5.77. The Balaban J connectivity index is 2.74. The van der Waals surface area contributed by atoms with E-state index in [9.17, 15) is 4.79 Å². The molecule has 0 saturated heterocycles. The Hall–Kier alpha value is -1.35. The van der Waals surface area contributed by atoms with E-state index in [0.29, 0.717) is 11.3 Å². The average molecular weight is 151 g/mol. The number of hydrogen-bond acceptors (Lipinski definition) is 3. The normalized spacial score (nSPS) is 9.18. The summed E-state index contributed by atoms with van der Waals surface area (Å²) in [6.45, 7) is 0.153. The van der Waals surface area contributed by atoms with E-state index >= 15 is 0 Å². The van der Waals surface area contributed by atoms with Gasteiger partial charge < -0.3 is 4.74 Å². The summed E-state index contributed by atoms with van der Waals surface area (Å²) >= 11 is 0. The van der Waals surface area contributed by atoms with Crippen LogP contribution in [0.4, 0.5) is 0 Å². The van der Waals surface area contributed by atoms with Crippen molar-refractivity contribution in [2.24, 2.45) is 5.73 Å². The zero-order valence-electron chi connectivity index (χ0n) is 5.99. The number of nitrogens with two attached hydrogens (primary N) is 1. The van der Waals surface area contributed by atoms with Gasteiger partial charge in [0.1, 0.15) is 18.8 Å². The van der Waals surface area contributed by atoms with Gasteiger partial charge in [0.25, 0.3) is 0 Å². The van der Waals surface area contributed by atoms with Crippen LogP contribution in [-0.4, -0.2) is 13.0 Å². The number of carbonyl (C=O) groups is 1. The molecular formula is C8H9NO2. The maximum Gasteiger partial charge on any atom is 0.150 e. The van der Waals surface area contributed by atoms with Gasteiger partial charge in [-0.25, -0.2) is 0 Å². The molecule has 0 saturated carbocycles. The van der Waals surface area contributed by atoms with Crippen molar-refractivity contribution >= 4 is 6.29 Å². The van der Waals surface area contributed by atoms with Gasteiger partial charge in [0.05, 0.1) is 0 Å². The highest BCUT2D eigenvalue weighted by Gasteiger charge is 1.91. The van der Waals surface area contributed by atoms with Gasteiger partial charge in [0, 0.05) is 5.56 Å². The number of benzene rings is 1. The molecular weight excluding hydrogens is 142 g/mol. The number of hydrogen-bond donors (Lipinski definition) is 1. The lowest BCUT2D eigenvalue weighted by Crippen LogP contribution is -2.06. The molecule has 0 bridgehead atoms. The monoisotopic (exact) mass is 151 g/mol. The molecule has 58 valence electrons. The smallest absolute Gasteiger partial charge is 0.150 e. The number of ether oxygens (including phenoxy) is 1. The molecule has 1 aromatic rings. The lowest BCUT2D eigenvalue weighted by Gasteiger charge is -2.00. The minimum absolute atomic E-state index is 0.153. The molecule has 3 nitrogen and oxygen atoms in total. The SMILES string of the molecule is NCOc1ccc(C=O)cc1. The van der Waals surface area contributed by atoms with Crippen molar-refractivity contribution in [2.45, 2.75) is 0 Å². The Morgan fingerprint density at radius 1 is 1.36 bits per heavy atom. The van der Waals surface area contributed by atoms with E-state index in [2.05, 4.69) is 0 Å². The molecule has 0 heterocycles. The molecule has 0 aliphatic rings. The Kier molecular flexibility index (Phi) is 2.63. The highest BCUT2D eigenvalue weighted by atomic mass is 16.5. The summed E-state index contributed by atoms with van der Waals surface area (Å²) in [6, 6.07) is 6.77. The van der Waals surface area contributed by atoms with E-state index in [1.807, 2.05) is 0 Å². The molecule has 0 aliphatic carbocycles. The number of rotatable bonds is 3. The van der Waals surface area contributed by atoms with Gasteiger partial charge in [0.15, 0.2) is 0 Å². The van der Waals surface area contributed by atoms with Crippen LogP contribution in [0, 0.1) is 0 Å². The molecule has 1 aromatic carbocycles. The molecule has 0 aromatic heterocycles. The van der Waals surface area contributed by atoms with Gasteiger partial charge in [-0.3, -0.25) is 10.5 Å². The Labute approximate surface area is 64.8 Å². The molecule has 0 spiro atoms. The summed E-state index contributed by atoms with van der Waals surface area (Å²) < 4.78 is 4.97. The summed E-state index contributed by atoms with van der Waals surface area (Å²) in [7, 11) is 0. The van der Waals surface area contributed by atoms with Crippen LogP contribution < -0.4 is 10.5 Å². The van der Waals surface area contributed by atoms with E-state index in [4.69, 9.17) is 10.5 Å². The van der Waals surface area contributed by atoms with E-state index < -0.39 is 0 Å². The molecule has 11 heavy (non-hydrogen) atoms. The lowest BCUT2D eigenvalue weighted by molar-refractivity contribution is 0.112. The Bertz CT molecular complexity index is 230. The predicted molar refractivity (Wildman–Crippen MR) is 41.5 cm³/mol. The number of carbonyl (C=O) groups excluding carboxylic acids is 1. The van der Waals surface area contributed by atoms with Crippen LogP contribution in [0.25, 0.3) is 0 Å². The third-order valence-corrected chi connectivity index (χ3v) is 1.27. The first-order chi connectivity index (χ1) is 5.36. The van der Waals surface area contributed by atoms with Crippen molar-refractivity contribution in [1.82, 2.24) is 0 Å². The minimum Gasteiger partial charge on any atom is -0.479 e. The quantitative estimate of drug-likeness (QED) is 0.513. The van der Waals surface area contributed by atoms with Crippen LogP contribution in [0.15, 0.2) is 24.3 Å². The van der Waals surface area contributed by atoms with Crippen molar-refractivity contribution in [1.29, 1.82) is 0 Å². The van der Waals surface area contributed by atoms with Crippen LogP contribution in [0.2, 0.25) is 0 Å². The van der Waals surface area contributed by atoms with Gasteiger partial charge in [-0.15, -0.1) is 0 Å². The van der Waals surface area contributed by atoms with E-state index in [0.717, 1.165) is 6.29 Å². The highest BCUT2D eigenvalue weighted by molar-refractivity contribution is 5.74. The zero-order chi connectivity index (χ0) is 8.10. The van der Waals surface area contributed by atoms with Crippen LogP contribution in [0.3, 0.4) is 0 Å². The largest absolute Gasteiger partial charge is 0.479 e. The summed E-state index contributed by atoms with van der Waals surface area (Å²) in [4.78, 5) is 10.2. The number of aldehydes is 1. The van der Waals surface area contributed by atoms with E-state index in [1.54, 1.807) is 24.3 Å². The fourth-order valence-electron chi connectivity index (χ4n) is 0.739. The summed E-state index contributed by atoms with van der Waals surface area (Å²) in [5, 5.41) is 0. The average Bonchev–Trinajstić information content (AvgIpc) is 2.07. The van der Waals surface area contributed by atoms with Crippen LogP contribution >= 0.6 is 0 Å². The van der Waals surface area contributed by atoms with Gasteiger partial charge in [0.2, 0.25) is 0 Å². The third kappa shape index (κ3) is 2.05. The molecule has 0 radical (unpaired) electrons. The molecule has 0 fully saturated rings. The first-order valence-electron chi connectivity index (χ1n) is 3.25. The maximum atomic E-state index is 10.2. The lowest BCUT2D eigenvalue weighted by atomic mass is 10.2. The van der Waals surface area contributed by atoms with Crippen LogP contribution in [0.5, 0.6) is 5.75 Å². The molecule has 1 rings (SSSR count). The fourth-order valence-corrected chi connectivity index (χ4v) is 0.739. The first kappa shape index (κ1) is 7.75. The van der Waals surface area contributed by atoms with E-state index in [-0.39, 0.29) is 6.73 Å². The van der Waals surface area contributed by atoms with Crippen molar-refractivity contribution in [2.75, 3.05) is 6.73 Å². The van der Waals surface area contributed by atoms with Gasteiger partial charge in [-0.05, 0) is 24.3 Å². The van der Waals surface area contributed by atoms with Crippen molar-refractivity contribution < 1.29 is 9.53 Å². The fraction of sp³-hybridized carbons (Fsp3) is 0.125. The van der Waals surface area contributed by atoms with Crippen molar-refractivity contribution in [3.05, 3.63) is 29.8 Å². The van der Waals surface area contributed by atoms with Crippen molar-refractivity contribution in [3.63, 3.8) is 0 Å². The zero-order valence-corrected chi connectivity index (χ0v) is 5.99. The first-order valence-corrected chi connectivity index (χ1v) is 3.25. The van der Waals surface area contributed by atoms with E-state index in [1.165, 1.54) is 0 Å². The molecule has 0 unspecified atom stereocenters. The van der Waals surface area contributed by atoms with Gasteiger partial charge >= 0.3 is 0 Å². The highest BCUT2D eigenvalue weighted by Crippen LogP contribution is 2.09. The second-order valence-electron chi connectivity index (χ2n) is 2.00. The molecule has 2 N–H and O–H groups in total. The molecule has 0 aliphatic heterocycles. The minimum atomic E-state index is 0.153. The topological polar surface area (TPSA) is 52.3 Å². The van der Waals surface area contributed by atoms with Crippen LogP contribution in [-0.2, 0) is 0 Å². The van der Waals surface area contributed by atoms with Gasteiger partial charge in [-0.2, -0.15) is 0 Å². The second kappa shape index (κ2) is 3.73. The predicted octanol–water partition coefficient (Wildman–Crippen LogP) is 0.794. The summed E-state index contributed by atoms with van der Waals surface area (Å²) in [6.07, 6.45) is 0.784. The molecule has 0 atom stereocenters.